The predicted molar refractivity (Wildman–Crippen MR) is 238 cm³/mol. The highest BCUT2D eigenvalue weighted by Crippen LogP contribution is 2.64. The average Bonchev–Trinajstić information content (AvgIpc) is 4.18. The Morgan fingerprint density at radius 2 is 1.56 bits per heavy atom. The number of nitrogens with zero attached hydrogens (tertiary/aromatic N) is 4. The number of esters is 2. The number of piperidine rings is 1. The van der Waals surface area contributed by atoms with Gasteiger partial charge in [0.1, 0.15) is 49.9 Å². The third kappa shape index (κ3) is 7.79. The van der Waals surface area contributed by atoms with Crippen molar-refractivity contribution in [1.82, 2.24) is 9.47 Å². The number of aromatic nitrogens is 1. The largest absolute Gasteiger partial charge is 0.487 e. The van der Waals surface area contributed by atoms with Gasteiger partial charge >= 0.3 is 24.1 Å². The molecule has 5 aliphatic heterocycles. The van der Waals surface area contributed by atoms with Crippen molar-refractivity contribution >= 4 is 46.4 Å². The third-order valence-corrected chi connectivity index (χ3v) is 13.8. The first-order valence-corrected chi connectivity index (χ1v) is 22.7. The van der Waals surface area contributed by atoms with Crippen molar-refractivity contribution in [3.05, 3.63) is 129 Å². The van der Waals surface area contributed by atoms with Crippen LogP contribution in [0.25, 0.3) is 10.9 Å². The highest BCUT2D eigenvalue weighted by molar-refractivity contribution is 6.02. The highest BCUT2D eigenvalue weighted by atomic mass is 19.1. The number of hydrogen-bond donors (Lipinski definition) is 1. The summed E-state index contributed by atoms with van der Waals surface area (Å²) in [7, 11) is 0. The number of amides is 2. The Morgan fingerprint density at radius 3 is 2.25 bits per heavy atom. The Bertz CT molecular complexity index is 2920. The van der Waals surface area contributed by atoms with E-state index in [0.29, 0.717) is 50.0 Å². The molecule has 1 aliphatic carbocycles. The lowest BCUT2D eigenvalue weighted by Crippen LogP contribution is -2.41. The van der Waals surface area contributed by atoms with E-state index in [0.717, 1.165) is 23.3 Å². The molecule has 68 heavy (non-hydrogen) atoms. The molecule has 5 aromatic rings. The molecule has 352 valence electrons. The molecular weight excluding hydrogens is 887 g/mol. The van der Waals surface area contributed by atoms with Crippen molar-refractivity contribution in [3.63, 3.8) is 0 Å². The van der Waals surface area contributed by atoms with Crippen LogP contribution in [0.4, 0.5) is 29.7 Å². The van der Waals surface area contributed by atoms with Gasteiger partial charge in [0.05, 0.1) is 52.9 Å². The van der Waals surface area contributed by atoms with Crippen molar-refractivity contribution in [2.24, 2.45) is 5.92 Å². The lowest BCUT2D eigenvalue weighted by molar-refractivity contribution is -0.152. The van der Waals surface area contributed by atoms with E-state index in [9.17, 15) is 29.1 Å². The van der Waals surface area contributed by atoms with Gasteiger partial charge in [-0.05, 0) is 55.0 Å². The summed E-state index contributed by atoms with van der Waals surface area (Å²) in [4.78, 5) is 70.1. The number of benzene rings is 4. The van der Waals surface area contributed by atoms with E-state index in [1.165, 1.54) is 17.0 Å². The second-order valence-electron chi connectivity index (χ2n) is 18.4. The summed E-state index contributed by atoms with van der Waals surface area (Å²) in [5.74, 6) is -3.27. The molecule has 18 heteroatoms. The summed E-state index contributed by atoms with van der Waals surface area (Å²) in [5.41, 5.74) is 0.0290. The lowest BCUT2D eigenvalue weighted by atomic mass is 9.97. The number of fused-ring (bicyclic) bond motifs is 9. The first-order valence-electron chi connectivity index (χ1n) is 22.7. The summed E-state index contributed by atoms with van der Waals surface area (Å²) in [6.07, 6.45) is 0.290. The van der Waals surface area contributed by atoms with Crippen molar-refractivity contribution in [1.29, 1.82) is 0 Å². The first kappa shape index (κ1) is 43.4. The van der Waals surface area contributed by atoms with Crippen LogP contribution in [0.15, 0.2) is 89.7 Å². The Balaban J connectivity index is 0.695. The fraction of sp³-hybridized carbons (Fsp3) is 0.380. The van der Waals surface area contributed by atoms with Gasteiger partial charge in [-0.15, -0.1) is 0 Å². The molecular formula is C50H46F2N4O12. The summed E-state index contributed by atoms with van der Waals surface area (Å²) in [6, 6.07) is 23.0. The number of pyridine rings is 1. The number of ether oxygens (including phenoxy) is 6. The molecule has 4 aromatic carbocycles. The molecule has 1 aromatic heterocycles. The Morgan fingerprint density at radius 1 is 0.853 bits per heavy atom. The molecule has 0 radical (unpaired) electrons. The number of aliphatic hydroxyl groups is 1. The van der Waals surface area contributed by atoms with Gasteiger partial charge in [0, 0.05) is 25.6 Å². The minimum atomic E-state index is -1.56. The van der Waals surface area contributed by atoms with Gasteiger partial charge in [0.2, 0.25) is 5.43 Å². The molecule has 1 N–H and O–H groups in total. The van der Waals surface area contributed by atoms with Gasteiger partial charge in [-0.3, -0.25) is 14.5 Å². The van der Waals surface area contributed by atoms with Crippen LogP contribution in [0.1, 0.15) is 59.3 Å². The SMILES string of the molecule is O=C(OCc1ccccc1)c1c2n(c3c4c(c(F)cc3c1=O)N1C[C@@](O)(COc3ccc(N5CC(COC(=O)C6CCN(C(=O)OCc7ccccc7)CC6)OC5=O)cc3F)C[C@H]1CO4)C21CC1. The van der Waals surface area contributed by atoms with Gasteiger partial charge < -0.3 is 47.9 Å². The van der Waals surface area contributed by atoms with Gasteiger partial charge in [0.15, 0.2) is 29.2 Å². The molecule has 3 saturated heterocycles. The van der Waals surface area contributed by atoms with Crippen molar-refractivity contribution in [3.8, 4) is 11.5 Å². The molecule has 11 rings (SSSR count). The Hall–Kier alpha value is -7.21. The number of cyclic esters (lactones) is 1. The van der Waals surface area contributed by atoms with E-state index in [1.807, 2.05) is 65.2 Å². The van der Waals surface area contributed by atoms with Crippen LogP contribution in [-0.4, -0.2) is 102 Å². The average molecular weight is 933 g/mol. The maximum absolute atomic E-state index is 16.3. The number of carbonyl (C=O) groups is 4. The van der Waals surface area contributed by atoms with Gasteiger partial charge in [-0.1, -0.05) is 60.7 Å². The maximum Gasteiger partial charge on any atom is 0.414 e. The first-order chi connectivity index (χ1) is 32.9. The molecule has 16 nitrogen and oxygen atoms in total. The number of anilines is 2. The molecule has 2 amide bonds. The van der Waals surface area contributed by atoms with E-state index < -0.39 is 70.4 Å². The smallest absolute Gasteiger partial charge is 0.414 e. The van der Waals surface area contributed by atoms with Crippen LogP contribution >= 0.6 is 0 Å². The van der Waals surface area contributed by atoms with Crippen LogP contribution < -0.4 is 24.7 Å². The zero-order valence-corrected chi connectivity index (χ0v) is 36.7. The fourth-order valence-corrected chi connectivity index (χ4v) is 10.2. The molecule has 4 fully saturated rings. The molecule has 0 bridgehead atoms. The zero-order valence-electron chi connectivity index (χ0n) is 36.7. The summed E-state index contributed by atoms with van der Waals surface area (Å²) in [6.45, 7) is 0.196. The Labute approximate surface area is 387 Å². The highest BCUT2D eigenvalue weighted by Gasteiger charge is 2.64. The summed E-state index contributed by atoms with van der Waals surface area (Å²) in [5, 5.41) is 11.8. The van der Waals surface area contributed by atoms with Crippen molar-refractivity contribution in [2.75, 3.05) is 55.8 Å². The molecule has 6 aliphatic rings. The normalized spacial score (nSPS) is 21.9. The van der Waals surface area contributed by atoms with Gasteiger partial charge in [-0.2, -0.15) is 0 Å². The molecule has 3 atom stereocenters. The van der Waals surface area contributed by atoms with Crippen molar-refractivity contribution in [2.45, 2.75) is 68.6 Å². The molecule has 1 spiro atoms. The van der Waals surface area contributed by atoms with Gasteiger partial charge in [0.25, 0.3) is 0 Å². The fourth-order valence-electron chi connectivity index (χ4n) is 10.2. The van der Waals surface area contributed by atoms with Crippen LogP contribution in [0.3, 0.4) is 0 Å². The Kier molecular flexibility index (Phi) is 10.7. The van der Waals surface area contributed by atoms with Crippen LogP contribution in [0.5, 0.6) is 11.5 Å². The van der Waals surface area contributed by atoms with Crippen LogP contribution in [0.2, 0.25) is 0 Å². The quantitative estimate of drug-likeness (QED) is 0.111. The molecule has 6 heterocycles. The van der Waals surface area contributed by atoms with E-state index in [2.05, 4.69) is 0 Å². The zero-order chi connectivity index (χ0) is 46.9. The number of carbonyl (C=O) groups excluding carboxylic acids is 4. The van der Waals surface area contributed by atoms with E-state index >= 15 is 8.78 Å². The van der Waals surface area contributed by atoms with Crippen molar-refractivity contribution < 1.29 is 61.5 Å². The molecule has 1 unspecified atom stereocenters. The van der Waals surface area contributed by atoms with E-state index in [1.54, 1.807) is 9.80 Å². The second-order valence-corrected chi connectivity index (χ2v) is 18.4. The minimum absolute atomic E-state index is 0.00101. The number of halogens is 2. The number of likely N-dealkylation sites (tertiary alicyclic amines) is 1. The molecule has 1 saturated carbocycles. The van der Waals surface area contributed by atoms with E-state index in [4.69, 9.17) is 28.4 Å². The summed E-state index contributed by atoms with van der Waals surface area (Å²) < 4.78 is 67.7. The lowest BCUT2D eigenvalue weighted by Gasteiger charge is -2.34. The second kappa shape index (κ2) is 16.8. The number of hydrogen-bond acceptors (Lipinski definition) is 13. The maximum atomic E-state index is 16.3. The standard InChI is InChI=1S/C50H46F2N4O12/c51-36-19-32(54-22-34(68-48(54)61)26-65-45(58)31-13-17-53(18-14-31)47(60)66-24-30-9-5-2-6-10-30)11-12-38(36)67-28-49(62)21-33-25-63-43-40-35(20-37(52)41(43)55(33)27-49)42(57)39(44-50(15-16-50)56(40)44)46(59)64-23-29-7-3-1-4-8-29/h1-12,19-20,31,33-34,62H,13-18,21-28H2/t33-,34?,49+,56?/m0/s1. The monoisotopic (exact) mass is 932 g/mol. The van der Waals surface area contributed by atoms with E-state index in [-0.39, 0.29) is 86.4 Å². The van der Waals surface area contributed by atoms with Crippen LogP contribution in [-0.2, 0) is 42.5 Å². The minimum Gasteiger partial charge on any atom is -0.487 e. The predicted octanol–water partition coefficient (Wildman–Crippen LogP) is 6.19. The third-order valence-electron chi connectivity index (χ3n) is 13.8. The van der Waals surface area contributed by atoms with Gasteiger partial charge in [-0.25, -0.2) is 23.2 Å². The topological polar surface area (TPSA) is 176 Å². The number of rotatable bonds is 12. The summed E-state index contributed by atoms with van der Waals surface area (Å²) >= 11 is 0. The van der Waals surface area contributed by atoms with Crippen LogP contribution in [0, 0.1) is 17.6 Å².